The van der Waals surface area contributed by atoms with Crippen LogP contribution in [-0.2, 0) is 4.74 Å². The lowest BCUT2D eigenvalue weighted by Crippen LogP contribution is -2.42. The Balaban J connectivity index is 2.11. The lowest BCUT2D eigenvalue weighted by atomic mass is 9.75. The first-order valence-electron chi connectivity index (χ1n) is 6.08. The van der Waals surface area contributed by atoms with E-state index in [0.29, 0.717) is 6.04 Å². The molecule has 0 spiro atoms. The van der Waals surface area contributed by atoms with E-state index in [1.54, 1.807) is 11.3 Å². The minimum Gasteiger partial charge on any atom is -0.378 e. The van der Waals surface area contributed by atoms with Crippen LogP contribution in [0.2, 0.25) is 4.34 Å². The number of hydrogen-bond donors (Lipinski definition) is 1. The summed E-state index contributed by atoms with van der Waals surface area (Å²) >= 11 is 7.82. The van der Waals surface area contributed by atoms with Gasteiger partial charge in [-0.05, 0) is 51.3 Å². The molecule has 0 radical (unpaired) electrons. The van der Waals surface area contributed by atoms with E-state index in [9.17, 15) is 0 Å². The minimum atomic E-state index is 0.0953. The third-order valence-corrected chi connectivity index (χ3v) is 5.51. The molecule has 1 N–H and O–H groups in total. The summed E-state index contributed by atoms with van der Waals surface area (Å²) in [7, 11) is 3.84. The fourth-order valence-electron chi connectivity index (χ4n) is 2.43. The zero-order valence-electron chi connectivity index (χ0n) is 10.7. The molecule has 0 bridgehead atoms. The van der Waals surface area contributed by atoms with E-state index in [-0.39, 0.29) is 5.60 Å². The Morgan fingerprint density at radius 2 is 2.29 bits per heavy atom. The molecule has 0 aromatic carbocycles. The predicted molar refractivity (Wildman–Crippen MR) is 74.1 cm³/mol. The molecule has 1 fully saturated rings. The van der Waals surface area contributed by atoms with Crippen LogP contribution >= 0.6 is 22.9 Å². The fourth-order valence-corrected chi connectivity index (χ4v) is 3.76. The molecule has 1 atom stereocenters. The SMILES string of the molecule is CNC(CC1(OC)CCC1)c1cc(C)c(Cl)s1. The summed E-state index contributed by atoms with van der Waals surface area (Å²) in [4.78, 5) is 1.32. The van der Waals surface area contributed by atoms with E-state index in [4.69, 9.17) is 16.3 Å². The number of hydrogen-bond acceptors (Lipinski definition) is 3. The molecule has 1 aromatic rings. The molecule has 4 heteroatoms. The quantitative estimate of drug-likeness (QED) is 0.878. The molecule has 17 heavy (non-hydrogen) atoms. The summed E-state index contributed by atoms with van der Waals surface area (Å²) in [6, 6.07) is 2.54. The molecule has 1 aromatic heterocycles. The van der Waals surface area contributed by atoms with Gasteiger partial charge in [0.05, 0.1) is 9.94 Å². The van der Waals surface area contributed by atoms with Gasteiger partial charge in [-0.1, -0.05) is 11.6 Å². The summed E-state index contributed by atoms with van der Waals surface area (Å²) in [5.74, 6) is 0. The van der Waals surface area contributed by atoms with Crippen LogP contribution in [0.4, 0.5) is 0 Å². The largest absolute Gasteiger partial charge is 0.378 e. The number of nitrogens with one attached hydrogen (secondary N) is 1. The highest BCUT2D eigenvalue weighted by Gasteiger charge is 2.39. The zero-order valence-corrected chi connectivity index (χ0v) is 12.3. The molecule has 1 heterocycles. The van der Waals surface area contributed by atoms with Crippen LogP contribution in [0.1, 0.15) is 42.2 Å². The monoisotopic (exact) mass is 273 g/mol. The van der Waals surface area contributed by atoms with E-state index >= 15 is 0 Å². The van der Waals surface area contributed by atoms with Gasteiger partial charge in [-0.15, -0.1) is 11.3 Å². The van der Waals surface area contributed by atoms with Gasteiger partial charge in [-0.25, -0.2) is 0 Å². The molecule has 0 saturated heterocycles. The van der Waals surface area contributed by atoms with E-state index in [1.807, 2.05) is 14.2 Å². The van der Waals surface area contributed by atoms with E-state index in [0.717, 1.165) is 10.8 Å². The van der Waals surface area contributed by atoms with Crippen LogP contribution in [0.3, 0.4) is 0 Å². The maximum Gasteiger partial charge on any atom is 0.0960 e. The summed E-state index contributed by atoms with van der Waals surface area (Å²) in [6.07, 6.45) is 4.68. The Labute approximate surface area is 112 Å². The van der Waals surface area contributed by atoms with Gasteiger partial charge in [-0.2, -0.15) is 0 Å². The second kappa shape index (κ2) is 5.27. The molecule has 0 amide bonds. The first-order chi connectivity index (χ1) is 8.10. The van der Waals surface area contributed by atoms with Crippen molar-refractivity contribution in [1.29, 1.82) is 0 Å². The maximum atomic E-state index is 6.14. The van der Waals surface area contributed by atoms with E-state index in [2.05, 4.69) is 18.3 Å². The van der Waals surface area contributed by atoms with Gasteiger partial charge in [-0.3, -0.25) is 0 Å². The number of methoxy groups -OCH3 is 1. The molecule has 1 aliphatic rings. The van der Waals surface area contributed by atoms with Crippen molar-refractivity contribution in [3.63, 3.8) is 0 Å². The smallest absolute Gasteiger partial charge is 0.0960 e. The zero-order chi connectivity index (χ0) is 12.5. The molecule has 1 aliphatic carbocycles. The van der Waals surface area contributed by atoms with Gasteiger partial charge in [0.15, 0.2) is 0 Å². The van der Waals surface area contributed by atoms with Gasteiger partial charge < -0.3 is 10.1 Å². The molecule has 96 valence electrons. The van der Waals surface area contributed by atoms with E-state index in [1.165, 1.54) is 29.7 Å². The van der Waals surface area contributed by atoms with E-state index < -0.39 is 0 Å². The van der Waals surface area contributed by atoms with Crippen LogP contribution in [0.5, 0.6) is 0 Å². The van der Waals surface area contributed by atoms with Gasteiger partial charge in [0, 0.05) is 18.0 Å². The van der Waals surface area contributed by atoms with Crippen molar-refractivity contribution in [3.8, 4) is 0 Å². The molecule has 1 saturated carbocycles. The van der Waals surface area contributed by atoms with Crippen molar-refractivity contribution < 1.29 is 4.74 Å². The Morgan fingerprint density at radius 3 is 2.65 bits per heavy atom. The number of rotatable bonds is 5. The summed E-state index contributed by atoms with van der Waals surface area (Å²) in [6.45, 7) is 2.06. The predicted octanol–water partition coefficient (Wildman–Crippen LogP) is 3.93. The topological polar surface area (TPSA) is 21.3 Å². The van der Waals surface area contributed by atoms with Crippen molar-refractivity contribution in [3.05, 3.63) is 20.8 Å². The molecule has 2 nitrogen and oxygen atoms in total. The Kier molecular flexibility index (Phi) is 4.14. The number of aryl methyl sites for hydroxylation is 1. The van der Waals surface area contributed by atoms with Crippen molar-refractivity contribution in [2.45, 2.75) is 44.2 Å². The third-order valence-electron chi connectivity index (χ3n) is 3.84. The number of ether oxygens (including phenoxy) is 1. The standard InChI is InChI=1S/C13H20ClNOS/c1-9-7-11(17-12(9)14)10(15-2)8-13(16-3)5-4-6-13/h7,10,15H,4-6,8H2,1-3H3. The van der Waals surface area contributed by atoms with Gasteiger partial charge in [0.1, 0.15) is 0 Å². The summed E-state index contributed by atoms with van der Waals surface area (Å²) in [5, 5.41) is 3.39. The van der Waals surface area contributed by atoms with Crippen molar-refractivity contribution in [2.24, 2.45) is 0 Å². The second-order valence-corrected chi connectivity index (χ2v) is 6.58. The summed E-state index contributed by atoms with van der Waals surface area (Å²) < 4.78 is 6.60. The van der Waals surface area contributed by atoms with Gasteiger partial charge in [0.25, 0.3) is 0 Å². The average Bonchev–Trinajstić information content (AvgIpc) is 2.59. The van der Waals surface area contributed by atoms with Crippen LogP contribution in [0.15, 0.2) is 6.07 Å². The number of halogens is 1. The average molecular weight is 274 g/mol. The van der Waals surface area contributed by atoms with Gasteiger partial charge >= 0.3 is 0 Å². The first-order valence-corrected chi connectivity index (χ1v) is 7.28. The van der Waals surface area contributed by atoms with Crippen LogP contribution < -0.4 is 5.32 Å². The summed E-state index contributed by atoms with van der Waals surface area (Å²) in [5.41, 5.74) is 1.27. The van der Waals surface area contributed by atoms with Crippen molar-refractivity contribution >= 4 is 22.9 Å². The highest BCUT2D eigenvalue weighted by Crippen LogP contribution is 2.43. The lowest BCUT2D eigenvalue weighted by molar-refractivity contribution is -0.0832. The van der Waals surface area contributed by atoms with Crippen LogP contribution in [0.25, 0.3) is 0 Å². The third kappa shape index (κ3) is 2.68. The molecule has 2 rings (SSSR count). The Hall–Kier alpha value is -0.0900. The molecule has 1 unspecified atom stereocenters. The van der Waals surface area contributed by atoms with Crippen molar-refractivity contribution in [2.75, 3.05) is 14.2 Å². The maximum absolute atomic E-state index is 6.14. The highest BCUT2D eigenvalue weighted by molar-refractivity contribution is 7.16. The minimum absolute atomic E-state index is 0.0953. The normalized spacial score (nSPS) is 20.0. The first kappa shape index (κ1) is 13.3. The van der Waals surface area contributed by atoms with Crippen LogP contribution in [-0.4, -0.2) is 19.8 Å². The molecular weight excluding hydrogens is 254 g/mol. The van der Waals surface area contributed by atoms with Gasteiger partial charge in [0.2, 0.25) is 0 Å². The number of thiophene rings is 1. The Morgan fingerprint density at radius 1 is 1.59 bits per heavy atom. The lowest BCUT2D eigenvalue weighted by Gasteiger charge is -2.42. The highest BCUT2D eigenvalue weighted by atomic mass is 35.5. The Bertz CT molecular complexity index is 362. The molecular formula is C13H20ClNOS. The van der Waals surface area contributed by atoms with Crippen molar-refractivity contribution in [1.82, 2.24) is 5.32 Å². The van der Waals surface area contributed by atoms with Crippen LogP contribution in [0, 0.1) is 6.92 Å². The molecule has 0 aliphatic heterocycles. The second-order valence-electron chi connectivity index (χ2n) is 4.89. The fraction of sp³-hybridized carbons (Fsp3) is 0.692.